The number of ether oxygens (including phenoxy) is 1. The summed E-state index contributed by atoms with van der Waals surface area (Å²) in [6.45, 7) is -0.173. The minimum Gasteiger partial charge on any atom is -0.497 e. The number of carbonyl (C=O) groups is 1. The number of carbonyl (C=O) groups excluding carboxylic acids is 1. The third-order valence-electron chi connectivity index (χ3n) is 4.39. The van der Waals surface area contributed by atoms with Gasteiger partial charge in [-0.2, -0.15) is 5.10 Å². The lowest BCUT2D eigenvalue weighted by molar-refractivity contribution is -0.121. The highest BCUT2D eigenvalue weighted by Gasteiger charge is 2.12. The van der Waals surface area contributed by atoms with Gasteiger partial charge >= 0.3 is 0 Å². The second-order valence-corrected chi connectivity index (χ2v) is 7.47. The van der Waals surface area contributed by atoms with Gasteiger partial charge in [0.2, 0.25) is 0 Å². The van der Waals surface area contributed by atoms with E-state index in [2.05, 4.69) is 15.5 Å². The molecule has 2 aromatic heterocycles. The van der Waals surface area contributed by atoms with Gasteiger partial charge in [-0.3, -0.25) is 14.2 Å². The summed E-state index contributed by atoms with van der Waals surface area (Å²) in [6.07, 6.45) is 2.90. The van der Waals surface area contributed by atoms with Gasteiger partial charge in [0.05, 0.1) is 25.0 Å². The lowest BCUT2D eigenvalue weighted by atomic mass is 10.2. The van der Waals surface area contributed by atoms with E-state index in [1.54, 1.807) is 13.2 Å². The normalized spacial score (nSPS) is 11.1. The Labute approximate surface area is 176 Å². The van der Waals surface area contributed by atoms with Crippen molar-refractivity contribution in [2.45, 2.75) is 6.54 Å². The van der Waals surface area contributed by atoms with Gasteiger partial charge in [0.25, 0.3) is 11.5 Å². The highest BCUT2D eigenvalue weighted by molar-refractivity contribution is 7.21. The molecular formula is C22H18N4O3S. The Morgan fingerprint density at radius 1 is 1.20 bits per heavy atom. The molecule has 1 amide bonds. The molecule has 0 bridgehead atoms. The zero-order chi connectivity index (χ0) is 20.9. The van der Waals surface area contributed by atoms with Crippen molar-refractivity contribution < 1.29 is 9.53 Å². The van der Waals surface area contributed by atoms with Crippen molar-refractivity contribution in [3.63, 3.8) is 0 Å². The molecule has 1 N–H and O–H groups in total. The fraction of sp³-hybridized carbons (Fsp3) is 0.0909. The zero-order valence-electron chi connectivity index (χ0n) is 16.1. The number of hydrazone groups is 1. The second-order valence-electron chi connectivity index (χ2n) is 6.44. The number of fused-ring (bicyclic) bond motifs is 1. The third-order valence-corrected chi connectivity index (χ3v) is 5.48. The van der Waals surface area contributed by atoms with E-state index in [-0.39, 0.29) is 12.1 Å². The molecule has 4 rings (SSSR count). The zero-order valence-corrected chi connectivity index (χ0v) is 16.9. The van der Waals surface area contributed by atoms with Crippen LogP contribution in [0.15, 0.2) is 76.9 Å². The Balaban J connectivity index is 1.48. The molecule has 30 heavy (non-hydrogen) atoms. The van der Waals surface area contributed by atoms with Gasteiger partial charge in [0.1, 0.15) is 17.1 Å². The number of nitrogens with one attached hydrogen (secondary N) is 1. The summed E-state index contributed by atoms with van der Waals surface area (Å²) in [6, 6.07) is 18.9. The summed E-state index contributed by atoms with van der Waals surface area (Å²) in [7, 11) is 1.58. The van der Waals surface area contributed by atoms with Crippen molar-refractivity contribution >= 4 is 33.7 Å². The van der Waals surface area contributed by atoms with E-state index in [4.69, 9.17) is 4.74 Å². The Morgan fingerprint density at radius 3 is 2.83 bits per heavy atom. The molecule has 0 aliphatic carbocycles. The number of rotatable bonds is 6. The number of hydrogen-bond acceptors (Lipinski definition) is 6. The Kier molecular flexibility index (Phi) is 5.67. The van der Waals surface area contributed by atoms with Crippen LogP contribution in [0.2, 0.25) is 0 Å². The average Bonchev–Trinajstić information content (AvgIpc) is 3.22. The first-order chi connectivity index (χ1) is 14.6. The van der Waals surface area contributed by atoms with Crippen LogP contribution < -0.4 is 15.7 Å². The van der Waals surface area contributed by atoms with Crippen LogP contribution in [-0.2, 0) is 11.3 Å². The summed E-state index contributed by atoms with van der Waals surface area (Å²) in [5.74, 6) is 0.276. The van der Waals surface area contributed by atoms with Crippen LogP contribution in [0.4, 0.5) is 0 Å². The predicted molar refractivity (Wildman–Crippen MR) is 118 cm³/mol. The van der Waals surface area contributed by atoms with Gasteiger partial charge < -0.3 is 4.74 Å². The smallest absolute Gasteiger partial charge is 0.262 e. The van der Waals surface area contributed by atoms with Crippen molar-refractivity contribution in [3.05, 3.63) is 82.9 Å². The molecule has 0 saturated heterocycles. The van der Waals surface area contributed by atoms with Crippen LogP contribution in [0.25, 0.3) is 20.7 Å². The van der Waals surface area contributed by atoms with E-state index in [1.807, 2.05) is 54.6 Å². The number of amides is 1. The lowest BCUT2D eigenvalue weighted by Gasteiger charge is -2.04. The molecule has 0 saturated carbocycles. The summed E-state index contributed by atoms with van der Waals surface area (Å²) >= 11 is 1.45. The topological polar surface area (TPSA) is 85.6 Å². The van der Waals surface area contributed by atoms with Crippen molar-refractivity contribution in [2.75, 3.05) is 7.11 Å². The Hall–Kier alpha value is -3.78. The monoisotopic (exact) mass is 418 g/mol. The molecule has 8 heteroatoms. The van der Waals surface area contributed by atoms with Crippen LogP contribution in [0.5, 0.6) is 5.75 Å². The molecule has 0 aliphatic heterocycles. The average molecular weight is 418 g/mol. The number of thiophene rings is 1. The summed E-state index contributed by atoms with van der Waals surface area (Å²) < 4.78 is 6.42. The predicted octanol–water partition coefficient (Wildman–Crippen LogP) is 3.28. The Morgan fingerprint density at radius 2 is 2.03 bits per heavy atom. The maximum absolute atomic E-state index is 12.8. The van der Waals surface area contributed by atoms with Gasteiger partial charge in [-0.05, 0) is 29.3 Å². The second kappa shape index (κ2) is 8.71. The molecule has 0 unspecified atom stereocenters. The minimum atomic E-state index is -0.420. The van der Waals surface area contributed by atoms with Crippen LogP contribution >= 0.6 is 11.3 Å². The largest absolute Gasteiger partial charge is 0.497 e. The van der Waals surface area contributed by atoms with E-state index < -0.39 is 5.91 Å². The summed E-state index contributed by atoms with van der Waals surface area (Å²) in [5.41, 5.74) is 3.97. The van der Waals surface area contributed by atoms with Gasteiger partial charge in [-0.1, -0.05) is 42.5 Å². The maximum atomic E-state index is 12.8. The quantitative estimate of drug-likeness (QED) is 0.385. The first kappa shape index (κ1) is 19.5. The Bertz CT molecular complexity index is 1280. The molecular weight excluding hydrogens is 400 g/mol. The molecule has 150 valence electrons. The van der Waals surface area contributed by atoms with Crippen LogP contribution in [-0.4, -0.2) is 28.8 Å². The first-order valence-electron chi connectivity index (χ1n) is 9.14. The fourth-order valence-corrected chi connectivity index (χ4v) is 3.90. The molecule has 0 aliphatic rings. The van der Waals surface area contributed by atoms with Gasteiger partial charge in [-0.15, -0.1) is 11.3 Å². The first-order valence-corrected chi connectivity index (χ1v) is 9.96. The molecule has 0 radical (unpaired) electrons. The number of methoxy groups -OCH3 is 1. The standard InChI is InChI=1S/C22H18N4O3S/c1-29-17-9-5-6-15(10-17)12-24-25-20(27)13-26-14-23-21-18(22(26)28)11-19(30-21)16-7-3-2-4-8-16/h2-12,14H,13H2,1H3,(H,25,27). The minimum absolute atomic E-state index is 0.173. The molecule has 7 nitrogen and oxygen atoms in total. The highest BCUT2D eigenvalue weighted by Crippen LogP contribution is 2.30. The molecule has 0 spiro atoms. The number of nitrogens with zero attached hydrogens (tertiary/aromatic N) is 3. The molecule has 0 fully saturated rings. The summed E-state index contributed by atoms with van der Waals surface area (Å²) in [4.78, 5) is 30.9. The van der Waals surface area contributed by atoms with E-state index in [0.717, 1.165) is 16.0 Å². The van der Waals surface area contributed by atoms with Crippen LogP contribution in [0.3, 0.4) is 0 Å². The number of benzene rings is 2. The lowest BCUT2D eigenvalue weighted by Crippen LogP contribution is -2.29. The molecule has 4 aromatic rings. The third kappa shape index (κ3) is 4.28. The van der Waals surface area contributed by atoms with E-state index in [0.29, 0.717) is 16.0 Å². The van der Waals surface area contributed by atoms with Gasteiger partial charge in [0, 0.05) is 4.88 Å². The number of hydrogen-bond donors (Lipinski definition) is 1. The van der Waals surface area contributed by atoms with Gasteiger partial charge in [0.15, 0.2) is 0 Å². The molecule has 2 aromatic carbocycles. The van der Waals surface area contributed by atoms with Gasteiger partial charge in [-0.25, -0.2) is 10.4 Å². The van der Waals surface area contributed by atoms with Crippen molar-refractivity contribution in [3.8, 4) is 16.2 Å². The SMILES string of the molecule is COc1cccc(C=NNC(=O)Cn2cnc3sc(-c4ccccc4)cc3c2=O)c1. The van der Waals surface area contributed by atoms with Crippen molar-refractivity contribution in [1.29, 1.82) is 0 Å². The summed E-state index contributed by atoms with van der Waals surface area (Å²) in [5, 5.41) is 4.43. The van der Waals surface area contributed by atoms with E-state index >= 15 is 0 Å². The van der Waals surface area contributed by atoms with Crippen molar-refractivity contribution in [1.82, 2.24) is 15.0 Å². The molecule has 0 atom stereocenters. The maximum Gasteiger partial charge on any atom is 0.262 e. The fourth-order valence-electron chi connectivity index (χ4n) is 2.91. The van der Waals surface area contributed by atoms with Crippen molar-refractivity contribution in [2.24, 2.45) is 5.10 Å². The number of aromatic nitrogens is 2. The highest BCUT2D eigenvalue weighted by atomic mass is 32.1. The van der Waals surface area contributed by atoms with E-state index in [9.17, 15) is 9.59 Å². The molecule has 2 heterocycles. The van der Waals surface area contributed by atoms with E-state index in [1.165, 1.54) is 28.4 Å². The van der Waals surface area contributed by atoms with Crippen LogP contribution in [0.1, 0.15) is 5.56 Å². The van der Waals surface area contributed by atoms with Crippen LogP contribution in [0, 0.1) is 0 Å².